The van der Waals surface area contributed by atoms with Crippen LogP contribution in [0.5, 0.6) is 11.5 Å². The minimum absolute atomic E-state index is 0.0144. The topological polar surface area (TPSA) is 120 Å². The molecule has 31 heavy (non-hydrogen) atoms. The summed E-state index contributed by atoms with van der Waals surface area (Å²) in [5, 5.41) is 2.65. The number of piperazine rings is 1. The number of aromatic nitrogens is 1. The van der Waals surface area contributed by atoms with Crippen LogP contribution >= 0.6 is 0 Å². The SMILES string of the molecule is NCc1oc(-c2ccc(OC(F)F)c(OCC3CC3)c2)nc1C(=O)N1CCNC(=O)C1. The number of oxazole rings is 1. The Morgan fingerprint density at radius 3 is 2.84 bits per heavy atom. The lowest BCUT2D eigenvalue weighted by Crippen LogP contribution is -2.50. The summed E-state index contributed by atoms with van der Waals surface area (Å²) in [7, 11) is 0. The van der Waals surface area contributed by atoms with Crippen molar-refractivity contribution in [3.63, 3.8) is 0 Å². The number of amides is 2. The second kappa shape index (κ2) is 8.88. The summed E-state index contributed by atoms with van der Waals surface area (Å²) >= 11 is 0. The van der Waals surface area contributed by atoms with E-state index in [4.69, 9.17) is 14.9 Å². The van der Waals surface area contributed by atoms with Gasteiger partial charge in [-0.1, -0.05) is 0 Å². The van der Waals surface area contributed by atoms with Crippen molar-refractivity contribution >= 4 is 11.8 Å². The molecule has 2 aromatic rings. The van der Waals surface area contributed by atoms with Gasteiger partial charge in [-0.3, -0.25) is 9.59 Å². The quantitative estimate of drug-likeness (QED) is 0.647. The Bertz CT molecular complexity index is 976. The second-order valence-corrected chi connectivity index (χ2v) is 7.37. The number of nitrogens with one attached hydrogen (secondary N) is 1. The van der Waals surface area contributed by atoms with E-state index in [0.29, 0.717) is 31.2 Å². The lowest BCUT2D eigenvalue weighted by molar-refractivity contribution is -0.123. The van der Waals surface area contributed by atoms with Gasteiger partial charge in [-0.05, 0) is 37.0 Å². The van der Waals surface area contributed by atoms with Crippen LogP contribution in [0.2, 0.25) is 0 Å². The molecule has 4 rings (SSSR count). The fraction of sp³-hybridized carbons (Fsp3) is 0.450. The standard InChI is InChI=1S/C20H22F2N4O5/c21-20(22)31-13-4-3-12(7-14(13)29-10-11-1-2-11)18-25-17(15(8-23)30-18)19(28)26-6-5-24-16(27)9-26/h3-4,7,11,20H,1-2,5-6,8-10,23H2,(H,24,27). The molecule has 1 aliphatic carbocycles. The number of ether oxygens (including phenoxy) is 2. The fourth-order valence-electron chi connectivity index (χ4n) is 3.18. The summed E-state index contributed by atoms with van der Waals surface area (Å²) in [6.07, 6.45) is 2.06. The van der Waals surface area contributed by atoms with Crippen LogP contribution in [-0.2, 0) is 11.3 Å². The highest BCUT2D eigenvalue weighted by Crippen LogP contribution is 2.36. The molecule has 2 aliphatic rings. The number of nitrogens with zero attached hydrogens (tertiary/aromatic N) is 2. The molecule has 11 heteroatoms. The summed E-state index contributed by atoms with van der Waals surface area (Å²) in [6.45, 7) is -2.07. The van der Waals surface area contributed by atoms with Crippen molar-refractivity contribution in [2.75, 3.05) is 26.2 Å². The molecular weight excluding hydrogens is 414 g/mol. The van der Waals surface area contributed by atoms with Gasteiger partial charge in [0.2, 0.25) is 11.8 Å². The molecule has 0 bridgehead atoms. The van der Waals surface area contributed by atoms with E-state index in [1.807, 2.05) is 0 Å². The van der Waals surface area contributed by atoms with Crippen LogP contribution in [-0.4, -0.2) is 54.6 Å². The highest BCUT2D eigenvalue weighted by molar-refractivity contribution is 5.96. The molecule has 2 amide bonds. The number of hydrogen-bond donors (Lipinski definition) is 2. The molecular formula is C20H22F2N4O5. The zero-order valence-electron chi connectivity index (χ0n) is 16.6. The molecule has 0 radical (unpaired) electrons. The molecule has 0 atom stereocenters. The molecule has 2 fully saturated rings. The van der Waals surface area contributed by atoms with Gasteiger partial charge in [0.05, 0.1) is 19.7 Å². The molecule has 1 aromatic heterocycles. The first-order chi connectivity index (χ1) is 14.9. The van der Waals surface area contributed by atoms with Gasteiger partial charge in [0.25, 0.3) is 5.91 Å². The normalized spacial score (nSPS) is 16.4. The Labute approximate surface area is 176 Å². The first-order valence-corrected chi connectivity index (χ1v) is 9.92. The summed E-state index contributed by atoms with van der Waals surface area (Å²) in [5.74, 6) is -0.0275. The van der Waals surface area contributed by atoms with Gasteiger partial charge in [0.1, 0.15) is 0 Å². The number of carbonyl (C=O) groups is 2. The maximum atomic E-state index is 12.8. The van der Waals surface area contributed by atoms with Crippen LogP contribution < -0.4 is 20.5 Å². The Hall–Kier alpha value is -3.21. The van der Waals surface area contributed by atoms with E-state index < -0.39 is 12.5 Å². The zero-order valence-corrected chi connectivity index (χ0v) is 16.6. The van der Waals surface area contributed by atoms with Gasteiger partial charge in [-0.15, -0.1) is 0 Å². The molecule has 0 spiro atoms. The van der Waals surface area contributed by atoms with E-state index in [9.17, 15) is 18.4 Å². The molecule has 0 unspecified atom stereocenters. The molecule has 9 nitrogen and oxygen atoms in total. The van der Waals surface area contributed by atoms with Crippen LogP contribution in [0.4, 0.5) is 8.78 Å². The molecule has 3 N–H and O–H groups in total. The van der Waals surface area contributed by atoms with Gasteiger partial charge in [0, 0.05) is 18.7 Å². The van der Waals surface area contributed by atoms with E-state index in [0.717, 1.165) is 12.8 Å². The molecule has 1 saturated carbocycles. The van der Waals surface area contributed by atoms with Crippen molar-refractivity contribution in [2.24, 2.45) is 11.7 Å². The van der Waals surface area contributed by atoms with Crippen molar-refractivity contribution in [3.05, 3.63) is 29.7 Å². The minimum Gasteiger partial charge on any atom is -0.489 e. The van der Waals surface area contributed by atoms with Crippen molar-refractivity contribution in [1.29, 1.82) is 0 Å². The van der Waals surface area contributed by atoms with Crippen LogP contribution in [0, 0.1) is 5.92 Å². The van der Waals surface area contributed by atoms with E-state index in [2.05, 4.69) is 15.0 Å². The van der Waals surface area contributed by atoms with Crippen molar-refractivity contribution < 1.29 is 32.3 Å². The summed E-state index contributed by atoms with van der Waals surface area (Å²) in [5.41, 5.74) is 6.15. The Balaban J connectivity index is 1.61. The summed E-state index contributed by atoms with van der Waals surface area (Å²) < 4.78 is 41.4. The number of rotatable bonds is 8. The van der Waals surface area contributed by atoms with E-state index in [1.54, 1.807) is 0 Å². The maximum absolute atomic E-state index is 12.8. The number of benzene rings is 1. The maximum Gasteiger partial charge on any atom is 0.387 e. The fourth-order valence-corrected chi connectivity index (χ4v) is 3.18. The average Bonchev–Trinajstić information content (AvgIpc) is 3.48. The summed E-state index contributed by atoms with van der Waals surface area (Å²) in [4.78, 5) is 30.1. The third-order valence-corrected chi connectivity index (χ3v) is 4.99. The number of hydrogen-bond acceptors (Lipinski definition) is 7. The van der Waals surface area contributed by atoms with Gasteiger partial charge < -0.3 is 29.8 Å². The van der Waals surface area contributed by atoms with Gasteiger partial charge in [-0.25, -0.2) is 4.98 Å². The number of carbonyl (C=O) groups excluding carboxylic acids is 2. The number of halogens is 2. The predicted octanol–water partition coefficient (Wildman–Crippen LogP) is 1.76. The molecule has 166 valence electrons. The Kier molecular flexibility index (Phi) is 6.03. The minimum atomic E-state index is -2.99. The second-order valence-electron chi connectivity index (χ2n) is 7.37. The van der Waals surface area contributed by atoms with Gasteiger partial charge in [-0.2, -0.15) is 8.78 Å². The van der Waals surface area contributed by atoms with Crippen molar-refractivity contribution in [2.45, 2.75) is 26.0 Å². The van der Waals surface area contributed by atoms with Crippen molar-refractivity contribution in [3.8, 4) is 23.0 Å². The van der Waals surface area contributed by atoms with E-state index in [-0.39, 0.29) is 47.8 Å². The smallest absolute Gasteiger partial charge is 0.387 e. The van der Waals surface area contributed by atoms with Gasteiger partial charge in [0.15, 0.2) is 23.0 Å². The van der Waals surface area contributed by atoms with Crippen LogP contribution in [0.1, 0.15) is 29.1 Å². The molecule has 1 aliphatic heterocycles. The van der Waals surface area contributed by atoms with Crippen molar-refractivity contribution in [1.82, 2.24) is 15.2 Å². The third-order valence-electron chi connectivity index (χ3n) is 4.99. The summed E-state index contributed by atoms with van der Waals surface area (Å²) in [6, 6.07) is 4.30. The molecule has 2 heterocycles. The number of nitrogens with two attached hydrogens (primary N) is 1. The highest BCUT2D eigenvalue weighted by Gasteiger charge is 2.29. The monoisotopic (exact) mass is 436 g/mol. The average molecular weight is 436 g/mol. The first kappa shape index (κ1) is 21.0. The lowest BCUT2D eigenvalue weighted by atomic mass is 10.2. The Morgan fingerprint density at radius 1 is 1.35 bits per heavy atom. The molecule has 1 aromatic carbocycles. The molecule has 1 saturated heterocycles. The predicted molar refractivity (Wildman–Crippen MR) is 104 cm³/mol. The van der Waals surface area contributed by atoms with E-state index >= 15 is 0 Å². The van der Waals surface area contributed by atoms with Crippen LogP contribution in [0.3, 0.4) is 0 Å². The third kappa shape index (κ3) is 4.93. The van der Waals surface area contributed by atoms with Crippen LogP contribution in [0.15, 0.2) is 22.6 Å². The Morgan fingerprint density at radius 2 is 2.16 bits per heavy atom. The van der Waals surface area contributed by atoms with Gasteiger partial charge >= 0.3 is 6.61 Å². The van der Waals surface area contributed by atoms with E-state index in [1.165, 1.54) is 23.1 Å². The first-order valence-electron chi connectivity index (χ1n) is 9.92. The largest absolute Gasteiger partial charge is 0.489 e. The highest BCUT2D eigenvalue weighted by atomic mass is 19.3. The van der Waals surface area contributed by atoms with Crippen LogP contribution in [0.25, 0.3) is 11.5 Å². The zero-order chi connectivity index (χ0) is 22.0. The lowest BCUT2D eigenvalue weighted by Gasteiger charge is -2.25. The number of alkyl halides is 2.